The van der Waals surface area contributed by atoms with Crippen LogP contribution in [0.2, 0.25) is 5.02 Å². The molecule has 0 aromatic heterocycles. The molecular weight excluding hydrogens is 352 g/mol. The SMILES string of the molecule is Cc1cc(C)c(NC(=O)CC(=O)Nc2ccccc2OC(C)C)c(Cl)c1. The molecule has 2 aromatic rings. The predicted molar refractivity (Wildman–Crippen MR) is 105 cm³/mol. The summed E-state index contributed by atoms with van der Waals surface area (Å²) in [7, 11) is 0. The van der Waals surface area contributed by atoms with E-state index in [2.05, 4.69) is 10.6 Å². The highest BCUT2D eigenvalue weighted by atomic mass is 35.5. The lowest BCUT2D eigenvalue weighted by molar-refractivity contribution is -0.123. The summed E-state index contributed by atoms with van der Waals surface area (Å²) in [6.07, 6.45) is -0.345. The summed E-state index contributed by atoms with van der Waals surface area (Å²) < 4.78 is 5.66. The van der Waals surface area contributed by atoms with Crippen LogP contribution in [0.5, 0.6) is 5.75 Å². The lowest BCUT2D eigenvalue weighted by Gasteiger charge is -2.15. The standard InChI is InChI=1S/C20H23ClN2O3/c1-12(2)26-17-8-6-5-7-16(17)22-18(24)11-19(25)23-20-14(4)9-13(3)10-15(20)21/h5-10,12H,11H2,1-4H3,(H,22,24)(H,23,25). The number of hydrogen-bond donors (Lipinski definition) is 2. The van der Waals surface area contributed by atoms with Crippen molar-refractivity contribution < 1.29 is 14.3 Å². The third-order valence-electron chi connectivity index (χ3n) is 3.54. The van der Waals surface area contributed by atoms with Crippen molar-refractivity contribution in [3.05, 3.63) is 52.5 Å². The van der Waals surface area contributed by atoms with Gasteiger partial charge in [0, 0.05) is 0 Å². The van der Waals surface area contributed by atoms with Crippen molar-refractivity contribution in [3.63, 3.8) is 0 Å². The molecule has 2 rings (SSSR count). The van der Waals surface area contributed by atoms with E-state index in [0.29, 0.717) is 22.1 Å². The zero-order valence-electron chi connectivity index (χ0n) is 15.4. The van der Waals surface area contributed by atoms with E-state index in [1.807, 2.05) is 39.8 Å². The number of para-hydroxylation sites is 2. The van der Waals surface area contributed by atoms with Crippen LogP contribution in [0.15, 0.2) is 36.4 Å². The van der Waals surface area contributed by atoms with Gasteiger partial charge in [-0.25, -0.2) is 0 Å². The van der Waals surface area contributed by atoms with E-state index in [-0.39, 0.29) is 12.5 Å². The molecule has 0 aliphatic heterocycles. The van der Waals surface area contributed by atoms with Crippen molar-refractivity contribution in [2.75, 3.05) is 10.6 Å². The average Bonchev–Trinajstić information content (AvgIpc) is 2.52. The molecule has 0 saturated heterocycles. The summed E-state index contributed by atoms with van der Waals surface area (Å²) >= 11 is 6.18. The van der Waals surface area contributed by atoms with Crippen LogP contribution in [0, 0.1) is 13.8 Å². The Bertz CT molecular complexity index is 795. The summed E-state index contributed by atoms with van der Waals surface area (Å²) in [6.45, 7) is 7.59. The van der Waals surface area contributed by atoms with E-state index in [1.165, 1.54) is 0 Å². The molecular formula is C20H23ClN2O3. The summed E-state index contributed by atoms with van der Waals surface area (Å²) in [5.41, 5.74) is 2.91. The topological polar surface area (TPSA) is 67.4 Å². The largest absolute Gasteiger partial charge is 0.489 e. The molecule has 6 heteroatoms. The zero-order valence-corrected chi connectivity index (χ0v) is 16.1. The number of amides is 2. The Morgan fingerprint density at radius 3 is 2.38 bits per heavy atom. The van der Waals surface area contributed by atoms with Crippen molar-refractivity contribution in [2.45, 2.75) is 40.2 Å². The number of halogens is 1. The maximum atomic E-state index is 12.2. The third kappa shape index (κ3) is 5.49. The van der Waals surface area contributed by atoms with Crippen LogP contribution >= 0.6 is 11.6 Å². The number of ether oxygens (including phenoxy) is 1. The normalized spacial score (nSPS) is 10.5. The van der Waals surface area contributed by atoms with Gasteiger partial charge in [-0.15, -0.1) is 0 Å². The van der Waals surface area contributed by atoms with E-state index in [4.69, 9.17) is 16.3 Å². The molecule has 2 aromatic carbocycles. The van der Waals surface area contributed by atoms with Crippen LogP contribution in [0.1, 0.15) is 31.4 Å². The molecule has 0 unspecified atom stereocenters. The second kappa shape index (κ2) is 8.72. The molecule has 0 heterocycles. The van der Waals surface area contributed by atoms with Crippen LogP contribution < -0.4 is 15.4 Å². The molecule has 0 saturated carbocycles. The van der Waals surface area contributed by atoms with E-state index in [1.54, 1.807) is 24.3 Å². The minimum absolute atomic E-state index is 0.0250. The highest BCUT2D eigenvalue weighted by Crippen LogP contribution is 2.28. The van der Waals surface area contributed by atoms with E-state index in [0.717, 1.165) is 11.1 Å². The Labute approximate surface area is 158 Å². The van der Waals surface area contributed by atoms with Gasteiger partial charge in [-0.2, -0.15) is 0 Å². The minimum Gasteiger partial charge on any atom is -0.489 e. The van der Waals surface area contributed by atoms with E-state index < -0.39 is 11.8 Å². The van der Waals surface area contributed by atoms with Gasteiger partial charge in [0.2, 0.25) is 11.8 Å². The fourth-order valence-electron chi connectivity index (χ4n) is 2.52. The molecule has 138 valence electrons. The molecule has 0 atom stereocenters. The van der Waals surface area contributed by atoms with Gasteiger partial charge in [-0.1, -0.05) is 29.8 Å². The first kappa shape index (κ1) is 19.8. The molecule has 2 N–H and O–H groups in total. The Kier molecular flexibility index (Phi) is 6.64. The van der Waals surface area contributed by atoms with E-state index in [9.17, 15) is 9.59 Å². The fourth-order valence-corrected chi connectivity index (χ4v) is 2.89. The van der Waals surface area contributed by atoms with Crippen LogP contribution in [0.25, 0.3) is 0 Å². The van der Waals surface area contributed by atoms with Crippen molar-refractivity contribution in [3.8, 4) is 5.75 Å². The van der Waals surface area contributed by atoms with Gasteiger partial charge in [0.05, 0.1) is 22.5 Å². The number of aryl methyl sites for hydroxylation is 2. The highest BCUT2D eigenvalue weighted by Gasteiger charge is 2.15. The number of carbonyl (C=O) groups excluding carboxylic acids is 2. The molecule has 0 bridgehead atoms. The number of hydrogen-bond acceptors (Lipinski definition) is 3. The molecule has 2 amide bonds. The Balaban J connectivity index is 2.02. The molecule has 0 aliphatic rings. The van der Waals surface area contributed by atoms with Gasteiger partial charge in [0.1, 0.15) is 12.2 Å². The van der Waals surface area contributed by atoms with E-state index >= 15 is 0 Å². The first-order valence-corrected chi connectivity index (χ1v) is 8.76. The van der Waals surface area contributed by atoms with Crippen molar-refractivity contribution in [1.29, 1.82) is 0 Å². The predicted octanol–water partition coefficient (Wildman–Crippen LogP) is 4.71. The first-order valence-electron chi connectivity index (χ1n) is 8.38. The van der Waals surface area contributed by atoms with Crippen molar-refractivity contribution in [1.82, 2.24) is 0 Å². The Morgan fingerprint density at radius 1 is 1.08 bits per heavy atom. The first-order chi connectivity index (χ1) is 12.3. The summed E-state index contributed by atoms with van der Waals surface area (Å²) in [6, 6.07) is 10.8. The Morgan fingerprint density at radius 2 is 1.73 bits per heavy atom. The summed E-state index contributed by atoms with van der Waals surface area (Å²) in [4.78, 5) is 24.4. The van der Waals surface area contributed by atoms with Gasteiger partial charge >= 0.3 is 0 Å². The van der Waals surface area contributed by atoms with Gasteiger partial charge in [0.15, 0.2) is 0 Å². The number of benzene rings is 2. The Hall–Kier alpha value is -2.53. The van der Waals surface area contributed by atoms with Crippen molar-refractivity contribution >= 4 is 34.8 Å². The zero-order chi connectivity index (χ0) is 19.3. The third-order valence-corrected chi connectivity index (χ3v) is 3.84. The molecule has 0 aliphatic carbocycles. The van der Waals surface area contributed by atoms with Crippen LogP contribution in [-0.4, -0.2) is 17.9 Å². The fraction of sp³-hybridized carbons (Fsp3) is 0.300. The lowest BCUT2D eigenvalue weighted by Crippen LogP contribution is -2.22. The van der Waals surface area contributed by atoms with Crippen LogP contribution in [-0.2, 0) is 9.59 Å². The van der Waals surface area contributed by atoms with Gasteiger partial charge in [0.25, 0.3) is 0 Å². The van der Waals surface area contributed by atoms with Gasteiger partial charge < -0.3 is 15.4 Å². The van der Waals surface area contributed by atoms with Crippen molar-refractivity contribution in [2.24, 2.45) is 0 Å². The number of carbonyl (C=O) groups is 2. The second-order valence-corrected chi connectivity index (χ2v) is 6.78. The monoisotopic (exact) mass is 374 g/mol. The molecule has 0 fully saturated rings. The van der Waals surface area contributed by atoms with Gasteiger partial charge in [-0.3, -0.25) is 9.59 Å². The molecule has 0 spiro atoms. The molecule has 0 radical (unpaired) electrons. The maximum Gasteiger partial charge on any atom is 0.233 e. The number of nitrogens with one attached hydrogen (secondary N) is 2. The highest BCUT2D eigenvalue weighted by molar-refractivity contribution is 6.34. The summed E-state index contributed by atoms with van der Waals surface area (Å²) in [5.74, 6) is -0.296. The quantitative estimate of drug-likeness (QED) is 0.719. The number of anilines is 2. The summed E-state index contributed by atoms with van der Waals surface area (Å²) in [5, 5.41) is 5.87. The van der Waals surface area contributed by atoms with Crippen LogP contribution in [0.4, 0.5) is 11.4 Å². The van der Waals surface area contributed by atoms with Crippen LogP contribution in [0.3, 0.4) is 0 Å². The average molecular weight is 375 g/mol. The van der Waals surface area contributed by atoms with Gasteiger partial charge in [-0.05, 0) is 57.0 Å². The minimum atomic E-state index is -0.432. The maximum absolute atomic E-state index is 12.2. The molecule has 5 nitrogen and oxygen atoms in total. The number of rotatable bonds is 6. The molecule has 26 heavy (non-hydrogen) atoms. The lowest BCUT2D eigenvalue weighted by atomic mass is 10.1. The smallest absolute Gasteiger partial charge is 0.233 e. The second-order valence-electron chi connectivity index (χ2n) is 6.37.